The minimum atomic E-state index is -1.67. The van der Waals surface area contributed by atoms with Crippen LogP contribution in [0.2, 0.25) is 0 Å². The van der Waals surface area contributed by atoms with E-state index in [2.05, 4.69) is 0 Å². The molecule has 74 valence electrons. The number of hydrogen-bond donors (Lipinski definition) is 2. The van der Waals surface area contributed by atoms with Crippen molar-refractivity contribution in [2.75, 3.05) is 19.4 Å². The fourth-order valence-corrected chi connectivity index (χ4v) is 2.30. The Balaban J connectivity index is 0.00000144. The van der Waals surface area contributed by atoms with Crippen LogP contribution in [-0.4, -0.2) is 29.6 Å². The molecule has 13 heavy (non-hydrogen) atoms. The topological polar surface area (TPSA) is 40.5 Å². The zero-order chi connectivity index (χ0) is 9.03. The Morgan fingerprint density at radius 2 is 1.54 bits per heavy atom. The first-order valence-electron chi connectivity index (χ1n) is 3.85. The Kier molecular flexibility index (Phi) is 6.05. The predicted octanol–water partition coefficient (Wildman–Crippen LogP) is -2.14. The lowest BCUT2D eigenvalue weighted by atomic mass is 10.4. The Morgan fingerprint density at radius 1 is 1.08 bits per heavy atom. The summed E-state index contributed by atoms with van der Waals surface area (Å²) in [5, 5.41) is 19.3. The molecule has 1 aromatic rings. The van der Waals surface area contributed by atoms with Crippen molar-refractivity contribution in [3.05, 3.63) is 30.3 Å². The fraction of sp³-hybridized carbons (Fsp3) is 0.333. The second-order valence-electron chi connectivity index (χ2n) is 3.01. The van der Waals surface area contributed by atoms with Crippen molar-refractivity contribution in [2.24, 2.45) is 0 Å². The van der Waals surface area contributed by atoms with E-state index in [1.54, 1.807) is 0 Å². The molecule has 2 nitrogen and oxygen atoms in total. The van der Waals surface area contributed by atoms with E-state index in [1.807, 2.05) is 37.0 Å². The summed E-state index contributed by atoms with van der Waals surface area (Å²) in [5.74, 6) is 0. The second-order valence-corrected chi connectivity index (χ2v) is 6.89. The van der Waals surface area contributed by atoms with Gasteiger partial charge in [-0.2, -0.15) is 0 Å². The normalized spacial score (nSPS) is 10.7. The van der Waals surface area contributed by atoms with Crippen molar-refractivity contribution in [3.63, 3.8) is 0 Å². The van der Waals surface area contributed by atoms with Crippen LogP contribution >= 0.6 is 7.26 Å². The lowest BCUT2D eigenvalue weighted by molar-refractivity contribution is -0.00000413. The van der Waals surface area contributed by atoms with E-state index in [1.165, 1.54) is 0 Å². The Morgan fingerprint density at radius 3 is 1.92 bits per heavy atom. The van der Waals surface area contributed by atoms with E-state index >= 15 is 0 Å². The second kappa shape index (κ2) is 5.91. The number of aliphatic hydroxyl groups excluding tert-OH is 2. The third-order valence-electron chi connectivity index (χ3n) is 2.00. The summed E-state index contributed by atoms with van der Waals surface area (Å²) in [6.07, 6.45) is 0.154. The van der Waals surface area contributed by atoms with E-state index < -0.39 is 7.26 Å². The van der Waals surface area contributed by atoms with Gasteiger partial charge < -0.3 is 34.2 Å². The standard InChI is InChI=1S/C9H14O2P.HI/c1-12(7-10,8-11)9-5-3-2-4-6-9;/h2-6,10-11H,7-8H2,1H3;1H/q+1;/p-1. The Bertz CT molecular complexity index is 237. The first kappa shape index (κ1) is 13.3. The van der Waals surface area contributed by atoms with Gasteiger partial charge in [-0.15, -0.1) is 0 Å². The zero-order valence-electron chi connectivity index (χ0n) is 7.52. The first-order valence-corrected chi connectivity index (χ1v) is 6.45. The maximum atomic E-state index is 9.13. The van der Waals surface area contributed by atoms with Crippen molar-refractivity contribution in [2.45, 2.75) is 0 Å². The summed E-state index contributed by atoms with van der Waals surface area (Å²) in [6.45, 7) is 1.95. The van der Waals surface area contributed by atoms with Crippen LogP contribution < -0.4 is 29.3 Å². The molecule has 1 rings (SSSR count). The van der Waals surface area contributed by atoms with Crippen LogP contribution in [0.25, 0.3) is 0 Å². The van der Waals surface area contributed by atoms with Crippen LogP contribution in [0.5, 0.6) is 0 Å². The minimum absolute atomic E-state index is 0. The van der Waals surface area contributed by atoms with Gasteiger partial charge in [0.15, 0.2) is 12.7 Å². The van der Waals surface area contributed by atoms with Crippen molar-refractivity contribution in [1.29, 1.82) is 0 Å². The molecule has 0 unspecified atom stereocenters. The molecule has 4 heteroatoms. The van der Waals surface area contributed by atoms with E-state index in [4.69, 9.17) is 10.2 Å². The summed E-state index contributed by atoms with van der Waals surface area (Å²) in [4.78, 5) is 0. The molecule has 0 fully saturated rings. The van der Waals surface area contributed by atoms with Gasteiger partial charge in [0.25, 0.3) is 0 Å². The van der Waals surface area contributed by atoms with Gasteiger partial charge >= 0.3 is 0 Å². The molecule has 0 aliphatic heterocycles. The highest BCUT2D eigenvalue weighted by molar-refractivity contribution is 7.81. The number of aliphatic hydroxyl groups is 2. The van der Waals surface area contributed by atoms with Gasteiger partial charge in [-0.05, 0) is 12.1 Å². The molecule has 0 bridgehead atoms. The van der Waals surface area contributed by atoms with Crippen molar-refractivity contribution < 1.29 is 34.2 Å². The molecule has 2 N–H and O–H groups in total. The highest BCUT2D eigenvalue weighted by atomic mass is 127. The summed E-state index contributed by atoms with van der Waals surface area (Å²) < 4.78 is 0. The third kappa shape index (κ3) is 3.17. The highest BCUT2D eigenvalue weighted by Crippen LogP contribution is 2.51. The van der Waals surface area contributed by atoms with Crippen LogP contribution in [0.15, 0.2) is 30.3 Å². The predicted molar refractivity (Wildman–Crippen MR) is 53.1 cm³/mol. The van der Waals surface area contributed by atoms with Gasteiger partial charge in [-0.25, -0.2) is 0 Å². The molecule has 0 saturated heterocycles. The van der Waals surface area contributed by atoms with E-state index in [0.717, 1.165) is 5.30 Å². The Labute approximate surface area is 96.3 Å². The molecule has 1 aromatic carbocycles. The molecule has 0 amide bonds. The van der Waals surface area contributed by atoms with E-state index in [9.17, 15) is 0 Å². The van der Waals surface area contributed by atoms with Gasteiger partial charge in [0.05, 0.1) is 19.2 Å². The molecule has 0 aromatic heterocycles. The quantitative estimate of drug-likeness (QED) is 0.494. The first-order chi connectivity index (χ1) is 5.73. The lowest BCUT2D eigenvalue weighted by Crippen LogP contribution is -3.00. The van der Waals surface area contributed by atoms with Crippen LogP contribution in [0, 0.1) is 0 Å². The van der Waals surface area contributed by atoms with Gasteiger partial charge in [0, 0.05) is 0 Å². The van der Waals surface area contributed by atoms with E-state index in [-0.39, 0.29) is 36.7 Å². The van der Waals surface area contributed by atoms with Crippen LogP contribution in [0.4, 0.5) is 0 Å². The summed E-state index contributed by atoms with van der Waals surface area (Å²) >= 11 is 0. The van der Waals surface area contributed by atoms with Crippen LogP contribution in [0.1, 0.15) is 0 Å². The molecule has 0 aliphatic rings. The van der Waals surface area contributed by atoms with Gasteiger partial charge in [-0.3, -0.25) is 0 Å². The van der Waals surface area contributed by atoms with Crippen LogP contribution in [0.3, 0.4) is 0 Å². The van der Waals surface area contributed by atoms with E-state index in [0.29, 0.717) is 0 Å². The summed E-state index contributed by atoms with van der Waals surface area (Å²) in [5.41, 5.74) is 0. The molecule has 0 heterocycles. The largest absolute Gasteiger partial charge is 1.00 e. The van der Waals surface area contributed by atoms with Gasteiger partial charge in [0.2, 0.25) is 0 Å². The number of rotatable bonds is 3. The molecule has 0 saturated carbocycles. The van der Waals surface area contributed by atoms with Crippen molar-refractivity contribution in [3.8, 4) is 0 Å². The lowest BCUT2D eigenvalue weighted by Gasteiger charge is -2.16. The maximum absolute atomic E-state index is 9.13. The average Bonchev–Trinajstić information content (AvgIpc) is 2.18. The highest BCUT2D eigenvalue weighted by Gasteiger charge is 2.32. The smallest absolute Gasteiger partial charge is 0.160 e. The van der Waals surface area contributed by atoms with Gasteiger partial charge in [-0.1, -0.05) is 18.2 Å². The van der Waals surface area contributed by atoms with Crippen LogP contribution in [-0.2, 0) is 0 Å². The third-order valence-corrected chi connectivity index (χ3v) is 4.80. The average molecular weight is 312 g/mol. The maximum Gasteiger partial charge on any atom is 0.160 e. The molecule has 0 spiro atoms. The summed E-state index contributed by atoms with van der Waals surface area (Å²) in [6, 6.07) is 9.71. The minimum Gasteiger partial charge on any atom is -1.00 e. The van der Waals surface area contributed by atoms with Crippen molar-refractivity contribution >= 4 is 12.6 Å². The monoisotopic (exact) mass is 312 g/mol. The number of halogens is 1. The molecule has 0 atom stereocenters. The van der Waals surface area contributed by atoms with Crippen molar-refractivity contribution in [1.82, 2.24) is 0 Å². The summed E-state index contributed by atoms with van der Waals surface area (Å²) in [7, 11) is -1.67. The SMILES string of the molecule is C[P+](CO)(CO)c1ccccc1.[I-]. The molecule has 0 radical (unpaired) electrons. The van der Waals surface area contributed by atoms with Gasteiger partial charge in [0.1, 0.15) is 0 Å². The molecular formula is C9H14IO2P. The fourth-order valence-electron chi connectivity index (χ4n) is 0.996. The molecular weight excluding hydrogens is 298 g/mol. The zero-order valence-corrected chi connectivity index (χ0v) is 10.6. The Hall–Kier alpha value is 0.300. The number of benzene rings is 1. The molecule has 0 aliphatic carbocycles. The number of hydrogen-bond acceptors (Lipinski definition) is 2.